The summed E-state index contributed by atoms with van der Waals surface area (Å²) in [5.74, 6) is 0.0510. The quantitative estimate of drug-likeness (QED) is 0.858. The molecule has 2 heterocycles. The smallest absolute Gasteiger partial charge is 0.326 e. The second kappa shape index (κ2) is 5.68. The lowest BCUT2D eigenvalue weighted by atomic mass is 10.1. The Morgan fingerprint density at radius 2 is 2.05 bits per heavy atom. The maximum Gasteiger partial charge on any atom is 0.326 e. The van der Waals surface area contributed by atoms with E-state index < -0.39 is 12.0 Å². The highest BCUT2D eigenvalue weighted by atomic mass is 16.4. The highest BCUT2D eigenvalue weighted by Gasteiger charge is 2.21. The molecule has 7 nitrogen and oxygen atoms in total. The fourth-order valence-electron chi connectivity index (χ4n) is 1.74. The van der Waals surface area contributed by atoms with E-state index >= 15 is 0 Å². The molecule has 2 aromatic heterocycles. The molecule has 0 fully saturated rings. The van der Waals surface area contributed by atoms with Gasteiger partial charge in [0.25, 0.3) is 0 Å². The van der Waals surface area contributed by atoms with Gasteiger partial charge in [-0.25, -0.2) is 9.48 Å². The summed E-state index contributed by atoms with van der Waals surface area (Å²) in [6, 6.07) is 4.60. The molecular formula is C13H17N5O2. The van der Waals surface area contributed by atoms with E-state index in [1.807, 2.05) is 26.8 Å². The van der Waals surface area contributed by atoms with Gasteiger partial charge in [-0.3, -0.25) is 0 Å². The first kappa shape index (κ1) is 14.0. The maximum atomic E-state index is 11.1. The molecule has 0 bridgehead atoms. The molecule has 0 amide bonds. The molecule has 0 spiro atoms. The zero-order valence-corrected chi connectivity index (χ0v) is 11.6. The monoisotopic (exact) mass is 275 g/mol. The van der Waals surface area contributed by atoms with Crippen LogP contribution in [0.1, 0.15) is 19.5 Å². The standard InChI is InChI=1S/C13H17N5O2/c1-8(2)12(13(19)20)14-10-4-5-11(16-15-10)18-7-6-9(3)17-18/h4-8,12H,1-3H3,(H,14,15)(H,19,20)/t12-/m1/s1. The van der Waals surface area contributed by atoms with Crippen LogP contribution in [0.3, 0.4) is 0 Å². The molecule has 1 atom stereocenters. The molecule has 7 heteroatoms. The van der Waals surface area contributed by atoms with Gasteiger partial charge in [0.2, 0.25) is 0 Å². The van der Waals surface area contributed by atoms with Crippen molar-refractivity contribution in [2.24, 2.45) is 5.92 Å². The van der Waals surface area contributed by atoms with Gasteiger partial charge in [0.15, 0.2) is 5.82 Å². The number of carboxylic acids is 1. The molecule has 0 aliphatic rings. The van der Waals surface area contributed by atoms with Crippen molar-refractivity contribution < 1.29 is 9.90 Å². The first-order chi connectivity index (χ1) is 9.47. The number of anilines is 1. The molecule has 106 valence electrons. The lowest BCUT2D eigenvalue weighted by Gasteiger charge is -2.17. The highest BCUT2D eigenvalue weighted by molar-refractivity contribution is 5.77. The molecule has 0 saturated carbocycles. The van der Waals surface area contributed by atoms with Crippen molar-refractivity contribution in [1.29, 1.82) is 0 Å². The van der Waals surface area contributed by atoms with Gasteiger partial charge in [-0.15, -0.1) is 10.2 Å². The number of carbonyl (C=O) groups is 1. The van der Waals surface area contributed by atoms with Crippen LogP contribution in [0.25, 0.3) is 5.82 Å². The van der Waals surface area contributed by atoms with Crippen molar-refractivity contribution in [3.8, 4) is 5.82 Å². The molecule has 2 rings (SSSR count). The van der Waals surface area contributed by atoms with Crippen LogP contribution in [0.2, 0.25) is 0 Å². The first-order valence-corrected chi connectivity index (χ1v) is 6.33. The molecular weight excluding hydrogens is 258 g/mol. The first-order valence-electron chi connectivity index (χ1n) is 6.33. The number of hydrogen-bond donors (Lipinski definition) is 2. The largest absolute Gasteiger partial charge is 0.480 e. The van der Waals surface area contributed by atoms with E-state index in [4.69, 9.17) is 5.11 Å². The third kappa shape index (κ3) is 3.11. The van der Waals surface area contributed by atoms with Gasteiger partial charge >= 0.3 is 5.97 Å². The third-order valence-electron chi connectivity index (χ3n) is 2.84. The van der Waals surface area contributed by atoms with Crippen molar-refractivity contribution in [3.05, 3.63) is 30.1 Å². The Kier molecular flexibility index (Phi) is 3.97. The Morgan fingerprint density at radius 1 is 1.30 bits per heavy atom. The molecule has 0 unspecified atom stereocenters. The Morgan fingerprint density at radius 3 is 2.50 bits per heavy atom. The molecule has 2 aromatic rings. The van der Waals surface area contributed by atoms with E-state index in [9.17, 15) is 4.79 Å². The minimum atomic E-state index is -0.909. The van der Waals surface area contributed by atoms with Gasteiger partial charge in [-0.05, 0) is 31.0 Å². The molecule has 0 radical (unpaired) electrons. The Balaban J connectivity index is 2.14. The summed E-state index contributed by atoms with van der Waals surface area (Å²) in [4.78, 5) is 11.1. The van der Waals surface area contributed by atoms with Crippen LogP contribution in [0.15, 0.2) is 24.4 Å². The zero-order valence-electron chi connectivity index (χ0n) is 11.6. The normalized spacial score (nSPS) is 12.4. The lowest BCUT2D eigenvalue weighted by molar-refractivity contribution is -0.138. The predicted octanol–water partition coefficient (Wildman–Crippen LogP) is 1.49. The minimum Gasteiger partial charge on any atom is -0.480 e. The SMILES string of the molecule is Cc1ccn(-c2ccc(N[C@@H](C(=O)O)C(C)C)nn2)n1. The number of aryl methyl sites for hydroxylation is 1. The summed E-state index contributed by atoms with van der Waals surface area (Å²) < 4.78 is 1.61. The van der Waals surface area contributed by atoms with E-state index in [0.717, 1.165) is 5.69 Å². The Labute approximate surface area is 116 Å². The van der Waals surface area contributed by atoms with Crippen LogP contribution >= 0.6 is 0 Å². The summed E-state index contributed by atoms with van der Waals surface area (Å²) in [6.07, 6.45) is 1.79. The van der Waals surface area contributed by atoms with E-state index in [1.54, 1.807) is 23.0 Å². The third-order valence-corrected chi connectivity index (χ3v) is 2.84. The number of rotatable bonds is 5. The van der Waals surface area contributed by atoms with Crippen LogP contribution < -0.4 is 5.32 Å². The van der Waals surface area contributed by atoms with Gasteiger partial charge in [0.05, 0.1) is 5.69 Å². The van der Waals surface area contributed by atoms with Crippen molar-refractivity contribution in [2.75, 3.05) is 5.32 Å². The van der Waals surface area contributed by atoms with Crippen molar-refractivity contribution >= 4 is 11.8 Å². The van der Waals surface area contributed by atoms with Crippen LogP contribution in [-0.2, 0) is 4.79 Å². The van der Waals surface area contributed by atoms with Gasteiger partial charge in [-0.2, -0.15) is 5.10 Å². The second-order valence-corrected chi connectivity index (χ2v) is 4.88. The van der Waals surface area contributed by atoms with Crippen molar-refractivity contribution in [1.82, 2.24) is 20.0 Å². The van der Waals surface area contributed by atoms with Gasteiger partial charge in [0, 0.05) is 6.20 Å². The zero-order chi connectivity index (χ0) is 14.7. The number of nitrogens with zero attached hydrogens (tertiary/aromatic N) is 4. The van der Waals surface area contributed by atoms with Crippen LogP contribution in [0.4, 0.5) is 5.82 Å². The van der Waals surface area contributed by atoms with Crippen LogP contribution in [0.5, 0.6) is 0 Å². The molecule has 0 aromatic carbocycles. The number of aromatic nitrogens is 4. The topological polar surface area (TPSA) is 92.9 Å². The number of carboxylic acid groups (broad SMARTS) is 1. The summed E-state index contributed by atoms with van der Waals surface area (Å²) in [5, 5.41) is 24.2. The van der Waals surface area contributed by atoms with E-state index in [0.29, 0.717) is 11.6 Å². The van der Waals surface area contributed by atoms with Gasteiger partial charge in [-0.1, -0.05) is 13.8 Å². The summed E-state index contributed by atoms with van der Waals surface area (Å²) >= 11 is 0. The van der Waals surface area contributed by atoms with E-state index in [1.165, 1.54) is 0 Å². The fraction of sp³-hybridized carbons (Fsp3) is 0.385. The Bertz CT molecular complexity index is 591. The Hall–Kier alpha value is -2.44. The molecule has 0 aliphatic carbocycles. The molecule has 2 N–H and O–H groups in total. The van der Waals surface area contributed by atoms with Crippen molar-refractivity contribution in [3.63, 3.8) is 0 Å². The van der Waals surface area contributed by atoms with Gasteiger partial charge < -0.3 is 10.4 Å². The number of hydrogen-bond acceptors (Lipinski definition) is 5. The summed E-state index contributed by atoms with van der Waals surface area (Å²) in [7, 11) is 0. The molecule has 20 heavy (non-hydrogen) atoms. The second-order valence-electron chi connectivity index (χ2n) is 4.88. The maximum absolute atomic E-state index is 11.1. The van der Waals surface area contributed by atoms with Crippen LogP contribution in [0, 0.1) is 12.8 Å². The molecule has 0 saturated heterocycles. The summed E-state index contributed by atoms with van der Waals surface area (Å²) in [5.41, 5.74) is 0.889. The highest BCUT2D eigenvalue weighted by Crippen LogP contribution is 2.11. The van der Waals surface area contributed by atoms with E-state index in [2.05, 4.69) is 20.6 Å². The predicted molar refractivity (Wildman–Crippen MR) is 73.8 cm³/mol. The summed E-state index contributed by atoms with van der Waals surface area (Å²) in [6.45, 7) is 5.56. The van der Waals surface area contributed by atoms with Gasteiger partial charge in [0.1, 0.15) is 11.9 Å². The number of nitrogens with one attached hydrogen (secondary N) is 1. The fourth-order valence-corrected chi connectivity index (χ4v) is 1.74. The van der Waals surface area contributed by atoms with Crippen molar-refractivity contribution in [2.45, 2.75) is 26.8 Å². The van der Waals surface area contributed by atoms with E-state index in [-0.39, 0.29) is 5.92 Å². The van der Waals surface area contributed by atoms with Crippen LogP contribution in [-0.4, -0.2) is 37.1 Å². The number of aliphatic carboxylic acids is 1. The lowest BCUT2D eigenvalue weighted by Crippen LogP contribution is -2.34. The average molecular weight is 275 g/mol. The molecule has 0 aliphatic heterocycles. The minimum absolute atomic E-state index is 0.0530. The average Bonchev–Trinajstić information content (AvgIpc) is 2.82.